The topological polar surface area (TPSA) is 72.5 Å². The van der Waals surface area contributed by atoms with Crippen LogP contribution in [0.25, 0.3) is 0 Å². The van der Waals surface area contributed by atoms with E-state index in [0.717, 1.165) is 16.7 Å². The lowest BCUT2D eigenvalue weighted by Gasteiger charge is -2.07. The van der Waals surface area contributed by atoms with E-state index in [4.69, 9.17) is 4.74 Å². The fraction of sp³-hybridized carbons (Fsp3) is 0.190. The lowest BCUT2D eigenvalue weighted by Crippen LogP contribution is -2.25. The highest BCUT2D eigenvalue weighted by Gasteiger charge is 2.12. The summed E-state index contributed by atoms with van der Waals surface area (Å²) in [7, 11) is -3.56. The van der Waals surface area contributed by atoms with Gasteiger partial charge in [-0.1, -0.05) is 65.8 Å². The van der Waals surface area contributed by atoms with Crippen LogP contribution in [0.1, 0.15) is 18.1 Å². The smallest absolute Gasteiger partial charge is 0.331 e. The standard InChI is InChI=1S/C21H23NO4S/c1-17-11-13-20(14-12-17)27(24,25)22-15-18(2)7-6-10-21(23)26-16-19-8-4-3-5-9-19/h3-14,22H,15-16H2,1-2H3/b10-6+,18-7-. The number of sulfonamides is 1. The first-order valence-corrected chi connectivity index (χ1v) is 9.96. The molecule has 0 aromatic heterocycles. The number of hydrogen-bond donors (Lipinski definition) is 1. The predicted molar refractivity (Wildman–Crippen MR) is 106 cm³/mol. The third kappa shape index (κ3) is 7.21. The Labute approximate surface area is 160 Å². The molecule has 0 spiro atoms. The molecule has 0 radical (unpaired) electrons. The van der Waals surface area contributed by atoms with E-state index in [-0.39, 0.29) is 18.0 Å². The lowest BCUT2D eigenvalue weighted by atomic mass is 10.2. The van der Waals surface area contributed by atoms with Crippen molar-refractivity contribution in [3.63, 3.8) is 0 Å². The molecule has 2 rings (SSSR count). The molecule has 0 amide bonds. The van der Waals surface area contributed by atoms with Crippen molar-refractivity contribution in [3.05, 3.63) is 89.5 Å². The van der Waals surface area contributed by atoms with Crippen LogP contribution in [0.2, 0.25) is 0 Å². The number of carbonyl (C=O) groups is 1. The van der Waals surface area contributed by atoms with Crippen LogP contribution in [0, 0.1) is 6.92 Å². The van der Waals surface area contributed by atoms with Gasteiger partial charge < -0.3 is 4.74 Å². The van der Waals surface area contributed by atoms with E-state index in [1.165, 1.54) is 6.08 Å². The Morgan fingerprint density at radius 1 is 1.07 bits per heavy atom. The van der Waals surface area contributed by atoms with Gasteiger partial charge in [0.05, 0.1) is 4.90 Å². The van der Waals surface area contributed by atoms with Crippen molar-refractivity contribution in [2.45, 2.75) is 25.3 Å². The van der Waals surface area contributed by atoms with Crippen molar-refractivity contribution in [2.75, 3.05) is 6.54 Å². The molecule has 0 unspecified atom stereocenters. The number of ether oxygens (including phenoxy) is 1. The first kappa shape index (κ1) is 20.6. The first-order chi connectivity index (χ1) is 12.9. The second-order valence-corrected chi connectivity index (χ2v) is 7.87. The van der Waals surface area contributed by atoms with Crippen LogP contribution in [-0.2, 0) is 26.2 Å². The Morgan fingerprint density at radius 3 is 2.41 bits per heavy atom. The van der Waals surface area contributed by atoms with Gasteiger partial charge in [0.1, 0.15) is 6.61 Å². The molecule has 0 atom stereocenters. The number of rotatable bonds is 8. The van der Waals surface area contributed by atoms with Gasteiger partial charge in [-0.05, 0) is 31.5 Å². The summed E-state index contributed by atoms with van der Waals surface area (Å²) >= 11 is 0. The van der Waals surface area contributed by atoms with E-state index in [9.17, 15) is 13.2 Å². The zero-order valence-electron chi connectivity index (χ0n) is 15.4. The largest absolute Gasteiger partial charge is 0.458 e. The molecule has 0 aliphatic carbocycles. The van der Waals surface area contributed by atoms with E-state index in [1.807, 2.05) is 37.3 Å². The highest BCUT2D eigenvalue weighted by atomic mass is 32.2. The molecule has 0 aliphatic heterocycles. The van der Waals surface area contributed by atoms with E-state index in [2.05, 4.69) is 4.72 Å². The Kier molecular flexibility index (Phi) is 7.52. The van der Waals surface area contributed by atoms with Crippen LogP contribution in [0.5, 0.6) is 0 Å². The zero-order chi connectivity index (χ0) is 19.7. The molecule has 1 N–H and O–H groups in total. The predicted octanol–water partition coefficient (Wildman–Crippen LogP) is 3.52. The van der Waals surface area contributed by atoms with Gasteiger partial charge >= 0.3 is 5.97 Å². The van der Waals surface area contributed by atoms with Crippen LogP contribution in [0.3, 0.4) is 0 Å². The van der Waals surface area contributed by atoms with E-state index < -0.39 is 16.0 Å². The maximum Gasteiger partial charge on any atom is 0.331 e. The Bertz CT molecular complexity index is 914. The van der Waals surface area contributed by atoms with Crippen molar-refractivity contribution in [1.29, 1.82) is 0 Å². The lowest BCUT2D eigenvalue weighted by molar-refractivity contribution is -0.139. The van der Waals surface area contributed by atoms with E-state index in [0.29, 0.717) is 0 Å². The highest BCUT2D eigenvalue weighted by Crippen LogP contribution is 2.10. The minimum atomic E-state index is -3.56. The molecule has 142 valence electrons. The summed E-state index contributed by atoms with van der Waals surface area (Å²) in [6.07, 6.45) is 4.52. The second kappa shape index (κ2) is 9.85. The summed E-state index contributed by atoms with van der Waals surface area (Å²) in [5.41, 5.74) is 2.67. The average molecular weight is 385 g/mol. The van der Waals surface area contributed by atoms with Gasteiger partial charge in [-0.15, -0.1) is 0 Å². The van der Waals surface area contributed by atoms with Gasteiger partial charge in [-0.2, -0.15) is 0 Å². The molecular formula is C21H23NO4S. The number of allylic oxidation sites excluding steroid dienone is 2. The van der Waals surface area contributed by atoms with E-state index >= 15 is 0 Å². The SMILES string of the molecule is C/C(=C/C=C/C(=O)OCc1ccccc1)CNS(=O)(=O)c1ccc(C)cc1. The minimum Gasteiger partial charge on any atom is -0.458 e. The second-order valence-electron chi connectivity index (χ2n) is 6.10. The Balaban J connectivity index is 1.81. The molecule has 0 bridgehead atoms. The highest BCUT2D eigenvalue weighted by molar-refractivity contribution is 7.89. The molecule has 0 fully saturated rings. The van der Waals surface area contributed by atoms with E-state index in [1.54, 1.807) is 43.3 Å². The van der Waals surface area contributed by atoms with Crippen molar-refractivity contribution in [1.82, 2.24) is 4.72 Å². The summed E-state index contributed by atoms with van der Waals surface area (Å²) in [6.45, 7) is 4.04. The molecule has 0 saturated carbocycles. The van der Waals surface area contributed by atoms with Crippen LogP contribution >= 0.6 is 0 Å². The molecule has 5 nitrogen and oxygen atoms in total. The number of hydrogen-bond acceptors (Lipinski definition) is 4. The van der Waals surface area contributed by atoms with Crippen molar-refractivity contribution in [3.8, 4) is 0 Å². The van der Waals surface area contributed by atoms with Gasteiger partial charge in [0.15, 0.2) is 0 Å². The molecule has 0 aliphatic rings. The molecule has 6 heteroatoms. The van der Waals surface area contributed by atoms with Crippen LogP contribution < -0.4 is 4.72 Å². The number of aryl methyl sites for hydroxylation is 1. The average Bonchev–Trinajstić information content (AvgIpc) is 2.66. The van der Waals surface area contributed by atoms with Gasteiger partial charge in [0.2, 0.25) is 10.0 Å². The van der Waals surface area contributed by atoms with Gasteiger partial charge in [0.25, 0.3) is 0 Å². The summed E-state index contributed by atoms with van der Waals surface area (Å²) in [5.74, 6) is -0.455. The third-order valence-corrected chi connectivity index (χ3v) is 5.13. The number of carbonyl (C=O) groups excluding carboxylic acids is 1. The molecular weight excluding hydrogens is 362 g/mol. The summed E-state index contributed by atoms with van der Waals surface area (Å²) < 4.78 is 32.1. The van der Waals surface area contributed by atoms with Gasteiger partial charge in [-0.3, -0.25) is 0 Å². The monoisotopic (exact) mass is 385 g/mol. The molecule has 2 aromatic rings. The Morgan fingerprint density at radius 2 is 1.74 bits per heavy atom. The van der Waals surface area contributed by atoms with Gasteiger partial charge in [0, 0.05) is 12.6 Å². The van der Waals surface area contributed by atoms with Crippen LogP contribution in [-0.4, -0.2) is 20.9 Å². The summed E-state index contributed by atoms with van der Waals surface area (Å²) in [5, 5.41) is 0. The van der Waals surface area contributed by atoms with Crippen molar-refractivity contribution in [2.24, 2.45) is 0 Å². The number of benzene rings is 2. The van der Waals surface area contributed by atoms with Crippen LogP contribution in [0.15, 0.2) is 83.3 Å². The van der Waals surface area contributed by atoms with Crippen molar-refractivity contribution < 1.29 is 17.9 Å². The number of nitrogens with one attached hydrogen (secondary N) is 1. The maximum atomic E-state index is 12.2. The maximum absolute atomic E-state index is 12.2. The minimum absolute atomic E-state index is 0.152. The summed E-state index contributed by atoms with van der Waals surface area (Å²) in [4.78, 5) is 11.9. The Hall–Kier alpha value is -2.70. The third-order valence-electron chi connectivity index (χ3n) is 3.71. The fourth-order valence-electron chi connectivity index (χ4n) is 2.14. The number of esters is 1. The fourth-order valence-corrected chi connectivity index (χ4v) is 3.22. The quantitative estimate of drug-likeness (QED) is 0.429. The van der Waals surface area contributed by atoms with Crippen LogP contribution in [0.4, 0.5) is 0 Å². The summed E-state index contributed by atoms with van der Waals surface area (Å²) in [6, 6.07) is 16.0. The molecule has 2 aromatic carbocycles. The molecule has 27 heavy (non-hydrogen) atoms. The zero-order valence-corrected chi connectivity index (χ0v) is 16.2. The van der Waals surface area contributed by atoms with Crippen molar-refractivity contribution >= 4 is 16.0 Å². The first-order valence-electron chi connectivity index (χ1n) is 8.48. The van der Waals surface area contributed by atoms with Gasteiger partial charge in [-0.25, -0.2) is 17.9 Å². The molecule has 0 heterocycles. The normalized spacial score (nSPS) is 12.3. The molecule has 0 saturated heterocycles.